The van der Waals surface area contributed by atoms with Crippen LogP contribution in [0.4, 0.5) is 0 Å². The summed E-state index contributed by atoms with van der Waals surface area (Å²) in [5, 5.41) is 0.815. The molecular weight excluding hydrogens is 272 g/mol. The van der Waals surface area contributed by atoms with E-state index in [9.17, 15) is 4.79 Å². The number of carbonyl (C=O) groups excluding carboxylic acids is 1. The van der Waals surface area contributed by atoms with Crippen molar-refractivity contribution >= 4 is 17.7 Å². The van der Waals surface area contributed by atoms with Crippen molar-refractivity contribution in [3.8, 4) is 0 Å². The number of likely N-dealkylation sites (tertiary alicyclic amines) is 1. The normalized spacial score (nSPS) is 25.0. The third-order valence-electron chi connectivity index (χ3n) is 4.81. The van der Waals surface area contributed by atoms with Gasteiger partial charge in [0.2, 0.25) is 6.08 Å². The zero-order valence-corrected chi connectivity index (χ0v) is 12.5. The van der Waals surface area contributed by atoms with Crippen LogP contribution in [0.3, 0.4) is 0 Å². The zero-order chi connectivity index (χ0) is 14.2. The predicted molar refractivity (Wildman–Crippen MR) is 80.0 cm³/mol. The maximum atomic E-state index is 10.7. The third kappa shape index (κ3) is 2.31. The second-order valence-electron chi connectivity index (χ2n) is 6.07. The summed E-state index contributed by atoms with van der Waals surface area (Å²) in [7, 11) is 2.14. The van der Waals surface area contributed by atoms with Gasteiger partial charge in [-0.2, -0.15) is 4.99 Å². The highest BCUT2D eigenvalue weighted by Gasteiger charge is 2.39. The molecule has 0 amide bonds. The molecule has 0 spiro atoms. The first-order chi connectivity index (χ1) is 9.64. The Kier molecular flexibility index (Phi) is 3.68. The lowest BCUT2D eigenvalue weighted by Gasteiger charge is -2.37. The SMILES string of the molecule is CN1CCC(c2ccc(C3(N=C=O)CCC3)cc2Cl)C1. The van der Waals surface area contributed by atoms with Crippen molar-refractivity contribution in [3.63, 3.8) is 0 Å². The number of likely N-dealkylation sites (N-methyl/N-ethyl adjacent to an activating group) is 1. The Balaban J connectivity index is 1.89. The van der Waals surface area contributed by atoms with Gasteiger partial charge in [0.1, 0.15) is 0 Å². The lowest BCUT2D eigenvalue weighted by atomic mass is 9.72. The van der Waals surface area contributed by atoms with E-state index in [1.54, 1.807) is 6.08 Å². The molecule has 1 unspecified atom stereocenters. The Morgan fingerprint density at radius 1 is 1.45 bits per heavy atom. The third-order valence-corrected chi connectivity index (χ3v) is 5.14. The first kappa shape index (κ1) is 13.8. The Hall–Kier alpha value is -1.15. The molecule has 0 bridgehead atoms. The Morgan fingerprint density at radius 2 is 2.25 bits per heavy atom. The van der Waals surface area contributed by atoms with Gasteiger partial charge >= 0.3 is 0 Å². The highest BCUT2D eigenvalue weighted by atomic mass is 35.5. The van der Waals surface area contributed by atoms with E-state index in [1.165, 1.54) is 5.56 Å². The fourth-order valence-corrected chi connectivity index (χ4v) is 3.74. The molecule has 1 aromatic rings. The summed E-state index contributed by atoms with van der Waals surface area (Å²) in [5.74, 6) is 0.522. The Labute approximate surface area is 124 Å². The number of halogens is 1. The number of benzene rings is 1. The van der Waals surface area contributed by atoms with Gasteiger partial charge in [-0.1, -0.05) is 23.7 Å². The van der Waals surface area contributed by atoms with Crippen LogP contribution in [0.2, 0.25) is 5.02 Å². The van der Waals surface area contributed by atoms with Crippen molar-refractivity contribution in [2.75, 3.05) is 20.1 Å². The van der Waals surface area contributed by atoms with Crippen LogP contribution < -0.4 is 0 Å². The van der Waals surface area contributed by atoms with Gasteiger partial charge in [0.15, 0.2) is 0 Å². The molecule has 106 valence electrons. The maximum Gasteiger partial charge on any atom is 0.235 e. The lowest BCUT2D eigenvalue weighted by molar-refractivity contribution is 0.256. The first-order valence-electron chi connectivity index (χ1n) is 7.22. The fraction of sp³-hybridized carbons (Fsp3) is 0.562. The Bertz CT molecular complexity index is 562. The van der Waals surface area contributed by atoms with E-state index in [1.807, 2.05) is 6.07 Å². The van der Waals surface area contributed by atoms with Crippen LogP contribution in [0.5, 0.6) is 0 Å². The van der Waals surface area contributed by atoms with Gasteiger partial charge in [0.25, 0.3) is 0 Å². The summed E-state index contributed by atoms with van der Waals surface area (Å²) < 4.78 is 0. The van der Waals surface area contributed by atoms with Crippen molar-refractivity contribution in [1.29, 1.82) is 0 Å². The number of aliphatic imine (C=N–C) groups is 1. The number of nitrogens with zero attached hydrogens (tertiary/aromatic N) is 2. The fourth-order valence-electron chi connectivity index (χ4n) is 3.40. The van der Waals surface area contributed by atoms with Crippen LogP contribution in [-0.2, 0) is 10.3 Å². The Morgan fingerprint density at radius 3 is 2.75 bits per heavy atom. The number of rotatable bonds is 3. The van der Waals surface area contributed by atoms with Crippen LogP contribution in [0.15, 0.2) is 23.2 Å². The van der Waals surface area contributed by atoms with Crippen LogP contribution >= 0.6 is 11.6 Å². The smallest absolute Gasteiger partial charge is 0.235 e. The molecule has 0 radical (unpaired) electrons. The van der Waals surface area contributed by atoms with Gasteiger partial charge in [-0.3, -0.25) is 0 Å². The molecule has 1 saturated carbocycles. The molecular formula is C16H19ClN2O. The van der Waals surface area contributed by atoms with E-state index in [0.29, 0.717) is 5.92 Å². The first-order valence-corrected chi connectivity index (χ1v) is 7.60. The van der Waals surface area contributed by atoms with Gasteiger partial charge in [-0.25, -0.2) is 4.79 Å². The van der Waals surface area contributed by atoms with Crippen molar-refractivity contribution in [1.82, 2.24) is 4.90 Å². The average molecular weight is 291 g/mol. The van der Waals surface area contributed by atoms with E-state index < -0.39 is 0 Å². The molecule has 4 heteroatoms. The molecule has 2 fully saturated rings. The maximum absolute atomic E-state index is 10.7. The average Bonchev–Trinajstić information content (AvgIpc) is 2.80. The van der Waals surface area contributed by atoms with Crippen molar-refractivity contribution < 1.29 is 4.79 Å². The second-order valence-corrected chi connectivity index (χ2v) is 6.48. The van der Waals surface area contributed by atoms with Crippen molar-refractivity contribution in [2.24, 2.45) is 4.99 Å². The van der Waals surface area contributed by atoms with E-state index in [4.69, 9.17) is 11.6 Å². The molecule has 1 saturated heterocycles. The minimum absolute atomic E-state index is 0.351. The summed E-state index contributed by atoms with van der Waals surface area (Å²) in [6, 6.07) is 6.23. The minimum Gasteiger partial charge on any atom is -0.306 e. The summed E-state index contributed by atoms with van der Waals surface area (Å²) in [6.45, 7) is 2.19. The number of isocyanates is 1. The van der Waals surface area contributed by atoms with E-state index in [0.717, 1.165) is 49.4 Å². The van der Waals surface area contributed by atoms with Gasteiger partial charge in [0.05, 0.1) is 5.54 Å². The molecule has 0 N–H and O–H groups in total. The second kappa shape index (κ2) is 5.33. The molecule has 2 aliphatic rings. The van der Waals surface area contributed by atoms with Crippen LogP contribution in [0, 0.1) is 0 Å². The highest BCUT2D eigenvalue weighted by Crippen LogP contribution is 2.46. The largest absolute Gasteiger partial charge is 0.306 e. The topological polar surface area (TPSA) is 32.7 Å². The van der Waals surface area contributed by atoms with Crippen LogP contribution in [0.25, 0.3) is 0 Å². The minimum atomic E-state index is -0.351. The highest BCUT2D eigenvalue weighted by molar-refractivity contribution is 6.31. The van der Waals surface area contributed by atoms with Gasteiger partial charge in [0, 0.05) is 11.6 Å². The monoisotopic (exact) mass is 290 g/mol. The molecule has 3 nitrogen and oxygen atoms in total. The van der Waals surface area contributed by atoms with Crippen LogP contribution in [-0.4, -0.2) is 31.1 Å². The number of hydrogen-bond acceptors (Lipinski definition) is 3. The molecule has 1 aliphatic heterocycles. The molecule has 1 aliphatic carbocycles. The van der Waals surface area contributed by atoms with Crippen molar-refractivity contribution in [2.45, 2.75) is 37.1 Å². The summed E-state index contributed by atoms with van der Waals surface area (Å²) >= 11 is 6.49. The van der Waals surface area contributed by atoms with Gasteiger partial charge in [-0.05, 0) is 62.4 Å². The van der Waals surface area contributed by atoms with Crippen molar-refractivity contribution in [3.05, 3.63) is 34.3 Å². The number of hydrogen-bond donors (Lipinski definition) is 0. The van der Waals surface area contributed by atoms with E-state index >= 15 is 0 Å². The molecule has 1 atom stereocenters. The predicted octanol–water partition coefficient (Wildman–Crippen LogP) is 3.47. The van der Waals surface area contributed by atoms with Gasteiger partial charge in [-0.15, -0.1) is 0 Å². The van der Waals surface area contributed by atoms with Gasteiger partial charge < -0.3 is 4.90 Å². The molecule has 20 heavy (non-hydrogen) atoms. The van der Waals surface area contributed by atoms with Crippen LogP contribution in [0.1, 0.15) is 42.7 Å². The van der Waals surface area contributed by atoms with E-state index in [2.05, 4.69) is 29.1 Å². The molecule has 1 heterocycles. The molecule has 3 rings (SSSR count). The molecule has 0 aromatic heterocycles. The summed E-state index contributed by atoms with van der Waals surface area (Å²) in [6.07, 6.45) is 5.84. The standard InChI is InChI=1S/C16H19ClN2O/c1-19-8-5-12(10-19)14-4-3-13(9-15(14)17)16(18-11-20)6-2-7-16/h3-4,9,12H,2,5-8,10H2,1H3. The summed E-state index contributed by atoms with van der Waals surface area (Å²) in [4.78, 5) is 17.0. The lowest BCUT2D eigenvalue weighted by Crippen LogP contribution is -2.31. The zero-order valence-electron chi connectivity index (χ0n) is 11.7. The quantitative estimate of drug-likeness (QED) is 0.631. The van der Waals surface area contributed by atoms with E-state index in [-0.39, 0.29) is 5.54 Å². The molecule has 1 aromatic carbocycles. The summed E-state index contributed by atoms with van der Waals surface area (Å²) in [5.41, 5.74) is 1.94.